The molecular formula is C23H21N3O5S. The third-order valence-corrected chi connectivity index (χ3v) is 6.06. The van der Waals surface area contributed by atoms with Crippen LogP contribution in [0.2, 0.25) is 0 Å². The van der Waals surface area contributed by atoms with E-state index in [0.29, 0.717) is 21.8 Å². The van der Waals surface area contributed by atoms with Crippen LogP contribution < -0.4 is 5.32 Å². The summed E-state index contributed by atoms with van der Waals surface area (Å²) in [5.41, 5.74) is 3.32. The van der Waals surface area contributed by atoms with Crippen molar-refractivity contribution in [2.45, 2.75) is 26.2 Å². The van der Waals surface area contributed by atoms with Crippen LogP contribution in [0.4, 0.5) is 5.00 Å². The summed E-state index contributed by atoms with van der Waals surface area (Å²) in [4.78, 5) is 46.4. The first-order chi connectivity index (χ1) is 15.5. The molecule has 2 aromatic heterocycles. The van der Waals surface area contributed by atoms with Gasteiger partial charge in [-0.05, 0) is 50.0 Å². The van der Waals surface area contributed by atoms with Gasteiger partial charge in [0.15, 0.2) is 6.61 Å². The zero-order valence-corrected chi connectivity index (χ0v) is 18.2. The number of hydrogen-bond donors (Lipinski definition) is 1. The lowest BCUT2D eigenvalue weighted by molar-refractivity contribution is -0.142. The number of esters is 2. The molecule has 1 aliphatic rings. The summed E-state index contributed by atoms with van der Waals surface area (Å²) in [6, 6.07) is 7.40. The highest BCUT2D eigenvalue weighted by molar-refractivity contribution is 7.17. The Morgan fingerprint density at radius 3 is 2.78 bits per heavy atom. The molecule has 3 aromatic rings. The first-order valence-corrected chi connectivity index (χ1v) is 11.0. The molecule has 8 nitrogen and oxygen atoms in total. The second kappa shape index (κ2) is 9.69. The van der Waals surface area contributed by atoms with E-state index in [4.69, 9.17) is 9.47 Å². The van der Waals surface area contributed by atoms with E-state index >= 15 is 0 Å². The number of aromatic nitrogens is 2. The lowest BCUT2D eigenvalue weighted by Gasteiger charge is -2.08. The Kier molecular flexibility index (Phi) is 6.55. The Morgan fingerprint density at radius 1 is 1.16 bits per heavy atom. The Morgan fingerprint density at radius 2 is 1.97 bits per heavy atom. The smallest absolute Gasteiger partial charge is 0.341 e. The molecular weight excluding hydrogens is 430 g/mol. The molecule has 0 saturated carbocycles. The minimum absolute atomic E-state index is 0.252. The van der Waals surface area contributed by atoms with Crippen LogP contribution in [0.25, 0.3) is 17.1 Å². The van der Waals surface area contributed by atoms with Crippen molar-refractivity contribution < 1.29 is 23.9 Å². The molecule has 0 spiro atoms. The lowest BCUT2D eigenvalue weighted by atomic mass is 10.1. The molecule has 32 heavy (non-hydrogen) atoms. The van der Waals surface area contributed by atoms with Crippen LogP contribution in [0.3, 0.4) is 0 Å². The van der Waals surface area contributed by atoms with Crippen LogP contribution in [0.5, 0.6) is 0 Å². The van der Waals surface area contributed by atoms with Gasteiger partial charge in [-0.3, -0.25) is 9.78 Å². The molecule has 0 saturated heterocycles. The summed E-state index contributed by atoms with van der Waals surface area (Å²) in [5.74, 6) is -1.66. The van der Waals surface area contributed by atoms with Gasteiger partial charge in [0, 0.05) is 11.0 Å². The van der Waals surface area contributed by atoms with Crippen LogP contribution >= 0.6 is 11.3 Å². The van der Waals surface area contributed by atoms with Gasteiger partial charge in [-0.2, -0.15) is 0 Å². The van der Waals surface area contributed by atoms with Crippen molar-refractivity contribution in [3.8, 4) is 0 Å². The number of thiophene rings is 1. The highest BCUT2D eigenvalue weighted by Crippen LogP contribution is 2.39. The monoisotopic (exact) mass is 451 g/mol. The molecule has 1 amide bonds. The van der Waals surface area contributed by atoms with Crippen LogP contribution in [-0.4, -0.2) is 41.0 Å². The molecule has 164 valence electrons. The summed E-state index contributed by atoms with van der Waals surface area (Å²) >= 11 is 1.37. The van der Waals surface area contributed by atoms with Crippen molar-refractivity contribution in [2.75, 3.05) is 18.5 Å². The molecule has 0 aliphatic heterocycles. The zero-order chi connectivity index (χ0) is 22.5. The van der Waals surface area contributed by atoms with E-state index in [1.54, 1.807) is 13.1 Å². The molecule has 9 heteroatoms. The number of hydrogen-bond acceptors (Lipinski definition) is 8. The fourth-order valence-corrected chi connectivity index (χ4v) is 4.76. The molecule has 0 bridgehead atoms. The van der Waals surface area contributed by atoms with Gasteiger partial charge in [0.1, 0.15) is 5.00 Å². The number of ether oxygens (including phenoxy) is 2. The van der Waals surface area contributed by atoms with Gasteiger partial charge in [-0.1, -0.05) is 12.1 Å². The summed E-state index contributed by atoms with van der Waals surface area (Å²) in [6.45, 7) is 1.51. The number of fused-ring (bicyclic) bond motifs is 2. The Bertz CT molecular complexity index is 1220. The standard InChI is InChI=1S/C23H21N3O5S/c1-2-30-23(29)21-15-6-5-9-18(15)32-22(21)26-19(27)13-31-20(28)11-10-14-12-24-16-7-3-4-8-17(16)25-14/h3-4,7-8,10-12H,2,5-6,9,13H2,1H3,(H,26,27)/b11-10+. The third kappa shape index (κ3) is 4.83. The number of nitrogens with one attached hydrogen (secondary N) is 1. The predicted molar refractivity (Wildman–Crippen MR) is 120 cm³/mol. The normalized spacial score (nSPS) is 12.7. The number of benzene rings is 1. The average Bonchev–Trinajstić information content (AvgIpc) is 3.37. The maximum Gasteiger partial charge on any atom is 0.341 e. The number of carbonyl (C=O) groups is 3. The van der Waals surface area contributed by atoms with E-state index in [-0.39, 0.29) is 6.61 Å². The van der Waals surface area contributed by atoms with Gasteiger partial charge in [-0.25, -0.2) is 14.6 Å². The van der Waals surface area contributed by atoms with Crippen molar-refractivity contribution in [3.05, 3.63) is 58.2 Å². The summed E-state index contributed by atoms with van der Waals surface area (Å²) in [5, 5.41) is 3.12. The molecule has 2 heterocycles. The fraction of sp³-hybridized carbons (Fsp3) is 0.261. The maximum atomic E-state index is 12.4. The molecule has 1 N–H and O–H groups in total. The van der Waals surface area contributed by atoms with Gasteiger partial charge >= 0.3 is 11.9 Å². The largest absolute Gasteiger partial charge is 0.462 e. The number of amides is 1. The number of aryl methyl sites for hydroxylation is 1. The SMILES string of the molecule is CCOC(=O)c1c(NC(=O)COC(=O)/C=C/c2cnc3ccccc3n2)sc2c1CCC2. The van der Waals surface area contributed by atoms with Crippen LogP contribution in [0.1, 0.15) is 39.8 Å². The molecule has 0 radical (unpaired) electrons. The summed E-state index contributed by atoms with van der Waals surface area (Å²) < 4.78 is 10.2. The van der Waals surface area contributed by atoms with Gasteiger partial charge in [0.05, 0.1) is 35.1 Å². The molecule has 1 aromatic carbocycles. The average molecular weight is 452 g/mol. The second-order valence-corrected chi connectivity index (χ2v) is 8.16. The number of rotatable bonds is 7. The minimum Gasteiger partial charge on any atom is -0.462 e. The van der Waals surface area contributed by atoms with E-state index in [9.17, 15) is 14.4 Å². The highest BCUT2D eigenvalue weighted by Gasteiger charge is 2.28. The molecule has 0 fully saturated rings. The number of carbonyl (C=O) groups excluding carboxylic acids is 3. The van der Waals surface area contributed by atoms with E-state index in [1.165, 1.54) is 23.5 Å². The summed E-state index contributed by atoms with van der Waals surface area (Å²) in [7, 11) is 0. The summed E-state index contributed by atoms with van der Waals surface area (Å²) in [6.07, 6.45) is 6.85. The predicted octanol–water partition coefficient (Wildman–Crippen LogP) is 3.55. The first kappa shape index (κ1) is 21.6. The second-order valence-electron chi connectivity index (χ2n) is 7.05. The third-order valence-electron chi connectivity index (χ3n) is 4.86. The van der Waals surface area contributed by atoms with Crippen LogP contribution in [0.15, 0.2) is 36.5 Å². The molecule has 1 aliphatic carbocycles. The first-order valence-electron chi connectivity index (χ1n) is 10.2. The van der Waals surface area contributed by atoms with Crippen molar-refractivity contribution in [1.82, 2.24) is 9.97 Å². The van der Waals surface area contributed by atoms with E-state index in [1.807, 2.05) is 24.3 Å². The van der Waals surface area contributed by atoms with Gasteiger partial charge in [0.25, 0.3) is 5.91 Å². The number of anilines is 1. The number of para-hydroxylation sites is 2. The van der Waals surface area contributed by atoms with Crippen molar-refractivity contribution >= 4 is 51.3 Å². The maximum absolute atomic E-state index is 12.4. The quantitative estimate of drug-likeness (QED) is 0.432. The minimum atomic E-state index is -0.686. The van der Waals surface area contributed by atoms with E-state index < -0.39 is 24.5 Å². The van der Waals surface area contributed by atoms with Crippen molar-refractivity contribution in [2.24, 2.45) is 0 Å². The van der Waals surface area contributed by atoms with Crippen molar-refractivity contribution in [1.29, 1.82) is 0 Å². The van der Waals surface area contributed by atoms with Gasteiger partial charge in [-0.15, -0.1) is 11.3 Å². The highest BCUT2D eigenvalue weighted by atomic mass is 32.1. The lowest BCUT2D eigenvalue weighted by Crippen LogP contribution is -2.21. The van der Waals surface area contributed by atoms with Crippen LogP contribution in [-0.2, 0) is 31.9 Å². The van der Waals surface area contributed by atoms with E-state index in [0.717, 1.165) is 35.2 Å². The van der Waals surface area contributed by atoms with Gasteiger partial charge in [0.2, 0.25) is 0 Å². The Hall–Kier alpha value is -3.59. The number of nitrogens with zero attached hydrogens (tertiary/aromatic N) is 2. The van der Waals surface area contributed by atoms with Crippen molar-refractivity contribution in [3.63, 3.8) is 0 Å². The topological polar surface area (TPSA) is 107 Å². The zero-order valence-electron chi connectivity index (χ0n) is 17.4. The Labute approximate surface area is 188 Å². The fourth-order valence-electron chi connectivity index (χ4n) is 3.46. The molecule has 4 rings (SSSR count). The molecule has 0 atom stereocenters. The van der Waals surface area contributed by atoms with Crippen LogP contribution in [0, 0.1) is 0 Å². The molecule has 0 unspecified atom stereocenters. The Balaban J connectivity index is 1.35. The van der Waals surface area contributed by atoms with E-state index in [2.05, 4.69) is 15.3 Å². The van der Waals surface area contributed by atoms with Gasteiger partial charge < -0.3 is 14.8 Å².